The molecule has 6 heteroatoms. The first-order valence-electron chi connectivity index (χ1n) is 7.74. The van der Waals surface area contributed by atoms with Crippen LogP contribution in [0, 0.1) is 12.7 Å². The molecule has 0 heterocycles. The predicted octanol–water partition coefficient (Wildman–Crippen LogP) is 2.96. The molecule has 0 saturated heterocycles. The van der Waals surface area contributed by atoms with Gasteiger partial charge in [-0.15, -0.1) is 0 Å². The van der Waals surface area contributed by atoms with Crippen LogP contribution >= 0.6 is 23.8 Å². The number of para-hydroxylation sites is 1. The van der Waals surface area contributed by atoms with Gasteiger partial charge < -0.3 is 15.5 Å². The number of aryl methyl sites for hydroxylation is 1. The van der Waals surface area contributed by atoms with E-state index < -0.39 is 0 Å². The fourth-order valence-corrected chi connectivity index (χ4v) is 3.00. The smallest absolute Gasteiger partial charge is 0.171 e. The van der Waals surface area contributed by atoms with E-state index in [1.54, 1.807) is 12.1 Å². The van der Waals surface area contributed by atoms with Gasteiger partial charge in [-0.25, -0.2) is 4.39 Å². The zero-order chi connectivity index (χ0) is 17.7. The van der Waals surface area contributed by atoms with E-state index in [-0.39, 0.29) is 11.9 Å². The maximum atomic E-state index is 14.2. The molecular weight excluding hydrogens is 345 g/mol. The number of hydrogen-bond acceptors (Lipinski definition) is 1. The van der Waals surface area contributed by atoms with Crippen molar-refractivity contribution in [1.29, 1.82) is 0 Å². The lowest BCUT2D eigenvalue weighted by atomic mass is 10.1. The summed E-state index contributed by atoms with van der Waals surface area (Å²) in [5, 5.41) is 7.27. The van der Waals surface area contributed by atoms with Crippen molar-refractivity contribution in [2.24, 2.45) is 0 Å². The maximum Gasteiger partial charge on any atom is 0.171 e. The standard InChI is InChI=1S/C18H21ClFN3S/c1-12-7-4-5-10-15(12)22-18(24)21-11-16(23(2)3)17-13(19)8-6-9-14(17)20/h4-10,16H,11H2,1-3H3,(H2,21,22,24)/p+1/t16-/m1/s1. The second kappa shape index (κ2) is 8.42. The van der Waals surface area contributed by atoms with Crippen molar-refractivity contribution in [2.45, 2.75) is 13.0 Å². The number of likely N-dealkylation sites (N-methyl/N-ethyl adjacent to an activating group) is 1. The molecule has 2 rings (SSSR count). The minimum atomic E-state index is -0.298. The molecule has 0 aromatic heterocycles. The van der Waals surface area contributed by atoms with E-state index in [4.69, 9.17) is 23.8 Å². The van der Waals surface area contributed by atoms with Gasteiger partial charge in [0.25, 0.3) is 0 Å². The summed E-state index contributed by atoms with van der Waals surface area (Å²) in [5.41, 5.74) is 2.56. The number of halogens is 2. The Morgan fingerprint density at radius 3 is 2.54 bits per heavy atom. The highest BCUT2D eigenvalue weighted by Crippen LogP contribution is 2.24. The van der Waals surface area contributed by atoms with Gasteiger partial charge in [-0.1, -0.05) is 35.9 Å². The Kier molecular flexibility index (Phi) is 6.54. The van der Waals surface area contributed by atoms with E-state index in [0.29, 0.717) is 22.2 Å². The van der Waals surface area contributed by atoms with Gasteiger partial charge in [0.15, 0.2) is 5.11 Å². The second-order valence-electron chi connectivity index (χ2n) is 5.92. The number of thiocarbonyl (C=S) groups is 1. The van der Waals surface area contributed by atoms with E-state index in [1.165, 1.54) is 6.07 Å². The van der Waals surface area contributed by atoms with Crippen LogP contribution in [0.1, 0.15) is 17.2 Å². The van der Waals surface area contributed by atoms with Crippen LogP contribution in [0.5, 0.6) is 0 Å². The molecule has 2 aromatic rings. The van der Waals surface area contributed by atoms with E-state index in [1.807, 2.05) is 45.3 Å². The first kappa shape index (κ1) is 18.6. The summed E-state index contributed by atoms with van der Waals surface area (Å²) in [6.07, 6.45) is 0. The molecule has 0 spiro atoms. The van der Waals surface area contributed by atoms with Gasteiger partial charge in [-0.2, -0.15) is 0 Å². The van der Waals surface area contributed by atoms with Crippen molar-refractivity contribution in [3.8, 4) is 0 Å². The Morgan fingerprint density at radius 2 is 1.92 bits per heavy atom. The minimum Gasteiger partial charge on any atom is -0.356 e. The average Bonchev–Trinajstić information content (AvgIpc) is 2.52. The van der Waals surface area contributed by atoms with E-state index in [9.17, 15) is 4.39 Å². The van der Waals surface area contributed by atoms with Gasteiger partial charge in [0.1, 0.15) is 11.9 Å². The maximum absolute atomic E-state index is 14.2. The molecule has 0 unspecified atom stereocenters. The molecule has 3 N–H and O–H groups in total. The fraction of sp³-hybridized carbons (Fsp3) is 0.278. The lowest BCUT2D eigenvalue weighted by Crippen LogP contribution is -3.07. The molecule has 0 aliphatic heterocycles. The average molecular weight is 367 g/mol. The van der Waals surface area contributed by atoms with Gasteiger partial charge in [-0.05, 0) is 42.9 Å². The third-order valence-electron chi connectivity index (χ3n) is 3.91. The highest BCUT2D eigenvalue weighted by molar-refractivity contribution is 7.80. The summed E-state index contributed by atoms with van der Waals surface area (Å²) in [6, 6.07) is 12.5. The molecule has 0 fully saturated rings. The number of nitrogens with one attached hydrogen (secondary N) is 3. The Hall–Kier alpha value is -1.69. The number of quaternary nitrogens is 1. The number of anilines is 1. The third kappa shape index (κ3) is 4.66. The van der Waals surface area contributed by atoms with Crippen LogP contribution in [0.25, 0.3) is 0 Å². The summed E-state index contributed by atoms with van der Waals surface area (Å²) in [6.45, 7) is 2.48. The van der Waals surface area contributed by atoms with Crippen LogP contribution < -0.4 is 15.5 Å². The van der Waals surface area contributed by atoms with Gasteiger partial charge in [0, 0.05) is 5.69 Å². The summed E-state index contributed by atoms with van der Waals surface area (Å²) in [4.78, 5) is 1.06. The van der Waals surface area contributed by atoms with Gasteiger partial charge in [0.05, 0.1) is 31.2 Å². The molecule has 1 atom stereocenters. The second-order valence-corrected chi connectivity index (χ2v) is 6.73. The van der Waals surface area contributed by atoms with Gasteiger partial charge in [0.2, 0.25) is 0 Å². The van der Waals surface area contributed by atoms with Gasteiger partial charge >= 0.3 is 0 Å². The van der Waals surface area contributed by atoms with Crippen LogP contribution in [0.2, 0.25) is 5.02 Å². The zero-order valence-corrected chi connectivity index (χ0v) is 15.6. The van der Waals surface area contributed by atoms with E-state index in [2.05, 4.69) is 10.6 Å². The van der Waals surface area contributed by atoms with Crippen LogP contribution in [-0.2, 0) is 0 Å². The first-order valence-corrected chi connectivity index (χ1v) is 8.53. The SMILES string of the molecule is Cc1ccccc1NC(=S)NC[C@H](c1c(F)cccc1Cl)[NH+](C)C. The van der Waals surface area contributed by atoms with Crippen molar-refractivity contribution >= 4 is 34.6 Å². The minimum absolute atomic E-state index is 0.157. The van der Waals surface area contributed by atoms with Crippen molar-refractivity contribution in [2.75, 3.05) is 26.0 Å². The summed E-state index contributed by atoms with van der Waals surface area (Å²) in [7, 11) is 3.93. The molecule has 3 nitrogen and oxygen atoms in total. The summed E-state index contributed by atoms with van der Waals surface area (Å²) < 4.78 is 14.2. The summed E-state index contributed by atoms with van der Waals surface area (Å²) >= 11 is 11.6. The van der Waals surface area contributed by atoms with Crippen LogP contribution in [-0.4, -0.2) is 25.8 Å². The van der Waals surface area contributed by atoms with Crippen molar-refractivity contribution in [3.05, 3.63) is 64.4 Å². The molecule has 0 aliphatic carbocycles. The van der Waals surface area contributed by atoms with E-state index in [0.717, 1.165) is 16.2 Å². The Bertz CT molecular complexity index is 701. The predicted molar refractivity (Wildman–Crippen MR) is 102 cm³/mol. The van der Waals surface area contributed by atoms with Crippen molar-refractivity contribution < 1.29 is 9.29 Å². The lowest BCUT2D eigenvalue weighted by Gasteiger charge is -2.24. The lowest BCUT2D eigenvalue weighted by molar-refractivity contribution is -0.890. The van der Waals surface area contributed by atoms with Crippen molar-refractivity contribution in [3.63, 3.8) is 0 Å². The topological polar surface area (TPSA) is 28.5 Å². The molecule has 128 valence electrons. The number of rotatable bonds is 5. The quantitative estimate of drug-likeness (QED) is 0.710. The first-order chi connectivity index (χ1) is 11.4. The fourth-order valence-electron chi connectivity index (χ4n) is 2.51. The van der Waals surface area contributed by atoms with Crippen LogP contribution in [0.15, 0.2) is 42.5 Å². The molecule has 24 heavy (non-hydrogen) atoms. The number of benzene rings is 2. The Morgan fingerprint density at radius 1 is 1.21 bits per heavy atom. The molecule has 0 radical (unpaired) electrons. The molecule has 0 aliphatic rings. The molecular formula is C18H22ClFN3S+. The molecule has 0 amide bonds. The monoisotopic (exact) mass is 366 g/mol. The normalized spacial score (nSPS) is 12.1. The van der Waals surface area contributed by atoms with Crippen LogP contribution in [0.4, 0.5) is 10.1 Å². The number of hydrogen-bond donors (Lipinski definition) is 3. The zero-order valence-electron chi connectivity index (χ0n) is 14.0. The highest BCUT2D eigenvalue weighted by Gasteiger charge is 2.24. The summed E-state index contributed by atoms with van der Waals surface area (Å²) in [5.74, 6) is -0.298. The van der Waals surface area contributed by atoms with Crippen molar-refractivity contribution in [1.82, 2.24) is 5.32 Å². The highest BCUT2D eigenvalue weighted by atomic mass is 35.5. The molecule has 0 bridgehead atoms. The van der Waals surface area contributed by atoms with Crippen LogP contribution in [0.3, 0.4) is 0 Å². The Labute approximate surface area is 152 Å². The molecule has 0 saturated carbocycles. The van der Waals surface area contributed by atoms with E-state index >= 15 is 0 Å². The third-order valence-corrected chi connectivity index (χ3v) is 4.48. The largest absolute Gasteiger partial charge is 0.356 e. The Balaban J connectivity index is 2.07. The van der Waals surface area contributed by atoms with Gasteiger partial charge in [-0.3, -0.25) is 0 Å². The molecule has 2 aromatic carbocycles.